The maximum Gasteiger partial charge on any atom is 0.257 e. The highest BCUT2D eigenvalue weighted by Crippen LogP contribution is 2.29. The van der Waals surface area contributed by atoms with Crippen molar-refractivity contribution in [3.05, 3.63) is 42.3 Å². The number of carbonyl (C=O) groups excluding carboxylic acids is 2. The van der Waals surface area contributed by atoms with Gasteiger partial charge in [-0.15, -0.1) is 0 Å². The molecule has 1 aromatic rings. The molecule has 0 spiro atoms. The summed E-state index contributed by atoms with van der Waals surface area (Å²) in [5.74, 6) is 0.676. The van der Waals surface area contributed by atoms with Crippen molar-refractivity contribution in [3.8, 4) is 0 Å². The molecule has 0 unspecified atom stereocenters. The quantitative estimate of drug-likeness (QED) is 0.754. The number of aromatic nitrogens is 1. The number of anilines is 2. The van der Waals surface area contributed by atoms with Crippen LogP contribution in [0.5, 0.6) is 0 Å². The summed E-state index contributed by atoms with van der Waals surface area (Å²) in [5.41, 5.74) is 1.36. The Morgan fingerprint density at radius 1 is 1.26 bits per heavy atom. The van der Waals surface area contributed by atoms with Crippen LogP contribution in [0.1, 0.15) is 49.9 Å². The summed E-state index contributed by atoms with van der Waals surface area (Å²) in [7, 11) is 0. The molecule has 3 rings (SSSR count). The average Bonchev–Trinajstić information content (AvgIpc) is 2.68. The van der Waals surface area contributed by atoms with Gasteiger partial charge in [-0.25, -0.2) is 4.98 Å². The third kappa shape index (κ3) is 4.76. The van der Waals surface area contributed by atoms with Gasteiger partial charge in [0.1, 0.15) is 17.7 Å². The molecule has 0 aromatic carbocycles. The summed E-state index contributed by atoms with van der Waals surface area (Å²) in [5, 5.41) is 6.54. The first-order chi connectivity index (χ1) is 13.1. The molecule has 6 nitrogen and oxygen atoms in total. The van der Waals surface area contributed by atoms with Crippen LogP contribution in [0.15, 0.2) is 36.7 Å². The Bertz CT molecular complexity index is 734. The van der Waals surface area contributed by atoms with Gasteiger partial charge in [0.05, 0.1) is 5.69 Å². The molecule has 1 aliphatic carbocycles. The van der Waals surface area contributed by atoms with Crippen LogP contribution >= 0.6 is 0 Å². The predicted molar refractivity (Wildman–Crippen MR) is 108 cm³/mol. The summed E-state index contributed by atoms with van der Waals surface area (Å²) in [6.07, 6.45) is 14.0. The molecule has 1 fully saturated rings. The second-order valence-electron chi connectivity index (χ2n) is 7.50. The minimum atomic E-state index is -0.112. The number of amides is 1. The summed E-state index contributed by atoms with van der Waals surface area (Å²) < 4.78 is 0. The maximum atomic E-state index is 13.2. The number of rotatable bonds is 6. The first kappa shape index (κ1) is 19.1. The van der Waals surface area contributed by atoms with E-state index >= 15 is 0 Å². The molecule has 144 valence electrons. The van der Waals surface area contributed by atoms with Crippen molar-refractivity contribution in [2.45, 2.75) is 51.6 Å². The average molecular weight is 368 g/mol. The molecule has 2 aliphatic rings. The van der Waals surface area contributed by atoms with E-state index in [0.29, 0.717) is 17.9 Å². The molecule has 1 amide bonds. The van der Waals surface area contributed by atoms with E-state index in [1.54, 1.807) is 6.20 Å². The van der Waals surface area contributed by atoms with E-state index in [1.165, 1.54) is 0 Å². The zero-order valence-corrected chi connectivity index (χ0v) is 16.0. The van der Waals surface area contributed by atoms with Gasteiger partial charge in [-0.2, -0.15) is 0 Å². The number of hydrogen-bond donors (Lipinski definition) is 2. The third-order valence-electron chi connectivity index (χ3n) is 4.99. The van der Waals surface area contributed by atoms with E-state index in [9.17, 15) is 9.59 Å². The van der Waals surface area contributed by atoms with Gasteiger partial charge >= 0.3 is 0 Å². The molecule has 27 heavy (non-hydrogen) atoms. The highest BCUT2D eigenvalue weighted by atomic mass is 16.1. The van der Waals surface area contributed by atoms with Gasteiger partial charge in [-0.1, -0.05) is 12.2 Å². The topological polar surface area (TPSA) is 74.3 Å². The third-order valence-corrected chi connectivity index (χ3v) is 4.99. The Labute approximate surface area is 160 Å². The van der Waals surface area contributed by atoms with Crippen molar-refractivity contribution in [3.63, 3.8) is 0 Å². The molecule has 2 heterocycles. The minimum absolute atomic E-state index is 0.102. The molecular weight excluding hydrogens is 340 g/mol. The number of nitrogens with zero attached hydrogens (tertiary/aromatic N) is 2. The van der Waals surface area contributed by atoms with Crippen molar-refractivity contribution in [2.24, 2.45) is 5.92 Å². The van der Waals surface area contributed by atoms with E-state index < -0.39 is 0 Å². The lowest BCUT2D eigenvalue weighted by molar-refractivity contribution is -0.111. The molecule has 0 bridgehead atoms. The number of allylic oxidation sites excluding steroid dienone is 2. The van der Waals surface area contributed by atoms with Crippen molar-refractivity contribution >= 4 is 23.7 Å². The second kappa shape index (κ2) is 8.84. The fourth-order valence-electron chi connectivity index (χ4n) is 3.61. The normalized spacial score (nSPS) is 22.0. The van der Waals surface area contributed by atoms with Crippen LogP contribution in [0.2, 0.25) is 0 Å². The van der Waals surface area contributed by atoms with Gasteiger partial charge in [0.25, 0.3) is 5.91 Å². The van der Waals surface area contributed by atoms with E-state index in [2.05, 4.69) is 15.6 Å². The number of pyridine rings is 1. The molecule has 0 saturated heterocycles. The molecule has 0 atom stereocenters. The molecule has 1 aliphatic heterocycles. The lowest BCUT2D eigenvalue weighted by Gasteiger charge is -2.28. The van der Waals surface area contributed by atoms with E-state index in [0.717, 1.165) is 37.7 Å². The summed E-state index contributed by atoms with van der Waals surface area (Å²) in [6, 6.07) is 2.16. The zero-order chi connectivity index (χ0) is 19.2. The van der Waals surface area contributed by atoms with Gasteiger partial charge in [0, 0.05) is 36.9 Å². The number of carbonyl (C=O) groups is 2. The Morgan fingerprint density at radius 3 is 2.67 bits per heavy atom. The summed E-state index contributed by atoms with van der Waals surface area (Å²) >= 11 is 0. The number of aldehydes is 1. The lowest BCUT2D eigenvalue weighted by atomic mass is 9.87. The van der Waals surface area contributed by atoms with Crippen molar-refractivity contribution < 1.29 is 9.59 Å². The molecule has 0 radical (unpaired) electrons. The fourth-order valence-corrected chi connectivity index (χ4v) is 3.61. The smallest absolute Gasteiger partial charge is 0.257 e. The van der Waals surface area contributed by atoms with Crippen molar-refractivity contribution in [1.82, 2.24) is 10.3 Å². The van der Waals surface area contributed by atoms with Crippen LogP contribution < -0.4 is 15.5 Å². The van der Waals surface area contributed by atoms with Gasteiger partial charge in [-0.05, 0) is 51.7 Å². The Morgan fingerprint density at radius 2 is 2.04 bits per heavy atom. The van der Waals surface area contributed by atoms with Crippen LogP contribution in [0, 0.1) is 5.92 Å². The van der Waals surface area contributed by atoms with Gasteiger partial charge in [0.15, 0.2) is 0 Å². The van der Waals surface area contributed by atoms with Crippen LogP contribution in [0.25, 0.3) is 0 Å². The summed E-state index contributed by atoms with van der Waals surface area (Å²) in [4.78, 5) is 30.6. The Balaban J connectivity index is 1.84. The monoisotopic (exact) mass is 368 g/mol. The minimum Gasteiger partial charge on any atom is -0.382 e. The largest absolute Gasteiger partial charge is 0.382 e. The zero-order valence-electron chi connectivity index (χ0n) is 16.0. The van der Waals surface area contributed by atoms with Crippen molar-refractivity contribution in [2.75, 3.05) is 16.8 Å². The molecular formula is C21H28N4O2. The Kier molecular flexibility index (Phi) is 6.27. The summed E-state index contributed by atoms with van der Waals surface area (Å²) in [6.45, 7) is 4.78. The standard InChI is InChI=1S/C21H28N4O2/c1-15(2)23-18-10-11-22-20(25-12-4-3-5-13-25)19(18)21(27)24-17-8-6-16(14-26)7-9-17/h3-5,10-12,14-17H,6-9,13H2,1-2H3,(H,22,23)(H,24,27). The second-order valence-corrected chi connectivity index (χ2v) is 7.50. The van der Waals surface area contributed by atoms with Crippen LogP contribution in [-0.4, -0.2) is 35.8 Å². The highest BCUT2D eigenvalue weighted by molar-refractivity contribution is 6.04. The lowest BCUT2D eigenvalue weighted by Crippen LogP contribution is -2.39. The fraction of sp³-hybridized carbons (Fsp3) is 0.476. The molecule has 1 saturated carbocycles. The highest BCUT2D eigenvalue weighted by Gasteiger charge is 2.26. The number of nitrogens with one attached hydrogen (secondary N) is 2. The van der Waals surface area contributed by atoms with Crippen LogP contribution in [-0.2, 0) is 4.79 Å². The van der Waals surface area contributed by atoms with Gasteiger partial charge in [-0.3, -0.25) is 4.79 Å². The van der Waals surface area contributed by atoms with Crippen LogP contribution in [0.3, 0.4) is 0 Å². The van der Waals surface area contributed by atoms with Crippen molar-refractivity contribution in [1.29, 1.82) is 0 Å². The first-order valence-corrected chi connectivity index (χ1v) is 9.70. The van der Waals surface area contributed by atoms with E-state index in [4.69, 9.17) is 0 Å². The van der Waals surface area contributed by atoms with Gasteiger partial charge < -0.3 is 20.3 Å². The van der Waals surface area contributed by atoms with E-state index in [-0.39, 0.29) is 23.9 Å². The first-order valence-electron chi connectivity index (χ1n) is 9.70. The Hall–Kier alpha value is -2.63. The SMILES string of the molecule is CC(C)Nc1ccnc(N2C=CC=CC2)c1C(=O)NC1CCC(C=O)CC1. The number of hydrogen-bond acceptors (Lipinski definition) is 5. The van der Waals surface area contributed by atoms with E-state index in [1.807, 2.05) is 49.2 Å². The maximum absolute atomic E-state index is 13.2. The molecule has 1 aromatic heterocycles. The molecule has 2 N–H and O–H groups in total. The predicted octanol–water partition coefficient (Wildman–Crippen LogP) is 3.28. The van der Waals surface area contributed by atoms with Gasteiger partial charge in [0.2, 0.25) is 0 Å². The molecule has 6 heteroatoms. The van der Waals surface area contributed by atoms with Crippen LogP contribution in [0.4, 0.5) is 11.5 Å².